The van der Waals surface area contributed by atoms with Gasteiger partial charge in [0.1, 0.15) is 11.3 Å². The topological polar surface area (TPSA) is 39.6 Å². The van der Waals surface area contributed by atoms with Crippen molar-refractivity contribution in [1.29, 1.82) is 0 Å². The van der Waals surface area contributed by atoms with Crippen molar-refractivity contribution < 1.29 is 9.50 Å². The number of halogens is 1. The maximum Gasteiger partial charge on any atom is 0.149 e. The third-order valence-electron chi connectivity index (χ3n) is 4.94. The van der Waals surface area contributed by atoms with E-state index in [9.17, 15) is 9.50 Å². The SMILES string of the molecule is CC(C)(C)CN1CCN(Cc2ccc3cccc(F)c3n2)C[C@@H]1CCO. The van der Waals surface area contributed by atoms with Crippen molar-refractivity contribution in [3.63, 3.8) is 0 Å². The van der Waals surface area contributed by atoms with Crippen molar-refractivity contribution in [2.75, 3.05) is 32.8 Å². The molecule has 1 aromatic heterocycles. The number of nitrogens with zero attached hydrogens (tertiary/aromatic N) is 3. The monoisotopic (exact) mass is 359 g/mol. The molecule has 2 aromatic rings. The molecule has 2 heterocycles. The molecule has 0 spiro atoms. The van der Waals surface area contributed by atoms with Crippen LogP contribution in [0.15, 0.2) is 30.3 Å². The summed E-state index contributed by atoms with van der Waals surface area (Å²) in [5, 5.41) is 10.3. The van der Waals surface area contributed by atoms with Crippen LogP contribution in [0.2, 0.25) is 0 Å². The lowest BCUT2D eigenvalue weighted by Crippen LogP contribution is -2.54. The van der Waals surface area contributed by atoms with Crippen molar-refractivity contribution in [3.05, 3.63) is 41.8 Å². The molecule has 1 fully saturated rings. The standard InChI is InChI=1S/C21H30FN3O/c1-21(2,3)15-25-11-10-24(14-18(25)9-12-26)13-17-8-7-16-5-4-6-19(22)20(16)23-17/h4-8,18,26H,9-15H2,1-3H3/t18-/m0/s1. The van der Waals surface area contributed by atoms with E-state index in [4.69, 9.17) is 0 Å². The van der Waals surface area contributed by atoms with Gasteiger partial charge in [0, 0.05) is 50.8 Å². The first-order valence-electron chi connectivity index (χ1n) is 9.47. The molecule has 0 bridgehead atoms. The number of piperazine rings is 1. The fraction of sp³-hybridized carbons (Fsp3) is 0.571. The zero-order chi connectivity index (χ0) is 18.7. The fourth-order valence-electron chi connectivity index (χ4n) is 3.81. The molecule has 1 saturated heterocycles. The van der Waals surface area contributed by atoms with E-state index in [2.05, 4.69) is 35.6 Å². The van der Waals surface area contributed by atoms with Gasteiger partial charge in [-0.1, -0.05) is 39.0 Å². The Morgan fingerprint density at radius 2 is 2.00 bits per heavy atom. The van der Waals surface area contributed by atoms with Gasteiger partial charge in [-0.25, -0.2) is 9.37 Å². The molecule has 1 aliphatic heterocycles. The van der Waals surface area contributed by atoms with Gasteiger partial charge >= 0.3 is 0 Å². The number of hydrogen-bond donors (Lipinski definition) is 1. The Balaban J connectivity index is 1.70. The lowest BCUT2D eigenvalue weighted by Gasteiger charge is -2.43. The van der Waals surface area contributed by atoms with Gasteiger partial charge in [0.2, 0.25) is 0 Å². The Morgan fingerprint density at radius 3 is 2.73 bits per heavy atom. The quantitative estimate of drug-likeness (QED) is 0.889. The van der Waals surface area contributed by atoms with E-state index in [1.165, 1.54) is 6.07 Å². The molecule has 142 valence electrons. The molecule has 0 saturated carbocycles. The molecule has 26 heavy (non-hydrogen) atoms. The molecule has 0 radical (unpaired) electrons. The first kappa shape index (κ1) is 19.2. The number of aromatic nitrogens is 1. The van der Waals surface area contributed by atoms with Gasteiger partial charge in [-0.15, -0.1) is 0 Å². The van der Waals surface area contributed by atoms with Crippen LogP contribution in [0.4, 0.5) is 4.39 Å². The van der Waals surface area contributed by atoms with E-state index < -0.39 is 0 Å². The minimum Gasteiger partial charge on any atom is -0.396 e. The van der Waals surface area contributed by atoms with Gasteiger partial charge < -0.3 is 5.11 Å². The smallest absolute Gasteiger partial charge is 0.149 e. The summed E-state index contributed by atoms with van der Waals surface area (Å²) < 4.78 is 14.0. The summed E-state index contributed by atoms with van der Waals surface area (Å²) in [6.07, 6.45) is 0.784. The summed E-state index contributed by atoms with van der Waals surface area (Å²) in [6.45, 7) is 11.6. The van der Waals surface area contributed by atoms with Crippen LogP contribution in [-0.4, -0.2) is 58.7 Å². The molecule has 1 N–H and O–H groups in total. The van der Waals surface area contributed by atoms with Crippen LogP contribution >= 0.6 is 0 Å². The predicted octanol–water partition coefficient (Wildman–Crippen LogP) is 3.29. The summed E-state index contributed by atoms with van der Waals surface area (Å²) in [5.41, 5.74) is 1.59. The van der Waals surface area contributed by atoms with Gasteiger partial charge in [0.05, 0.1) is 5.69 Å². The average molecular weight is 359 g/mol. The van der Waals surface area contributed by atoms with Crippen molar-refractivity contribution in [2.45, 2.75) is 39.8 Å². The maximum atomic E-state index is 14.0. The highest BCUT2D eigenvalue weighted by atomic mass is 19.1. The number of rotatable bonds is 5. The number of hydrogen-bond acceptors (Lipinski definition) is 4. The Hall–Kier alpha value is -1.56. The highest BCUT2D eigenvalue weighted by Crippen LogP contribution is 2.22. The van der Waals surface area contributed by atoms with Gasteiger partial charge in [-0.2, -0.15) is 0 Å². The van der Waals surface area contributed by atoms with Crippen LogP contribution < -0.4 is 0 Å². The third-order valence-corrected chi connectivity index (χ3v) is 4.94. The predicted molar refractivity (Wildman–Crippen MR) is 103 cm³/mol. The van der Waals surface area contributed by atoms with Crippen molar-refractivity contribution in [2.24, 2.45) is 5.41 Å². The molecule has 4 nitrogen and oxygen atoms in total. The minimum absolute atomic E-state index is 0.207. The number of aliphatic hydroxyl groups is 1. The zero-order valence-electron chi connectivity index (χ0n) is 16.1. The van der Waals surface area contributed by atoms with Crippen molar-refractivity contribution in [1.82, 2.24) is 14.8 Å². The van der Waals surface area contributed by atoms with E-state index in [1.807, 2.05) is 18.2 Å². The highest BCUT2D eigenvalue weighted by molar-refractivity contribution is 5.79. The second-order valence-electron chi connectivity index (χ2n) is 8.55. The summed E-state index contributed by atoms with van der Waals surface area (Å²) in [7, 11) is 0. The molecule has 0 aliphatic carbocycles. The molecule has 3 rings (SSSR count). The molecule has 0 amide bonds. The second-order valence-corrected chi connectivity index (χ2v) is 8.55. The average Bonchev–Trinajstić information content (AvgIpc) is 2.57. The number of para-hydroxylation sites is 1. The molecule has 5 heteroatoms. The lowest BCUT2D eigenvalue weighted by atomic mass is 9.94. The van der Waals surface area contributed by atoms with Crippen LogP contribution in [0.1, 0.15) is 32.9 Å². The molecule has 1 aliphatic rings. The van der Waals surface area contributed by atoms with Gasteiger partial charge in [0.15, 0.2) is 0 Å². The molecular formula is C21H30FN3O. The minimum atomic E-state index is -0.266. The molecular weight excluding hydrogens is 329 g/mol. The van der Waals surface area contributed by atoms with Crippen molar-refractivity contribution >= 4 is 10.9 Å². The first-order valence-corrected chi connectivity index (χ1v) is 9.47. The van der Waals surface area contributed by atoms with E-state index >= 15 is 0 Å². The van der Waals surface area contributed by atoms with E-state index in [-0.39, 0.29) is 17.8 Å². The molecule has 1 aromatic carbocycles. The van der Waals surface area contributed by atoms with Gasteiger partial charge in [-0.3, -0.25) is 9.80 Å². The van der Waals surface area contributed by atoms with Gasteiger partial charge in [0.25, 0.3) is 0 Å². The van der Waals surface area contributed by atoms with Crippen LogP contribution in [0, 0.1) is 11.2 Å². The van der Waals surface area contributed by atoms with Gasteiger partial charge in [-0.05, 0) is 24.0 Å². The van der Waals surface area contributed by atoms with Crippen LogP contribution in [-0.2, 0) is 6.54 Å². The third kappa shape index (κ3) is 4.78. The Bertz CT molecular complexity index is 744. The van der Waals surface area contributed by atoms with Crippen molar-refractivity contribution in [3.8, 4) is 0 Å². The van der Waals surface area contributed by atoms with Crippen LogP contribution in [0.5, 0.6) is 0 Å². The summed E-state index contributed by atoms with van der Waals surface area (Å²) in [4.78, 5) is 9.41. The van der Waals surface area contributed by atoms with Crippen LogP contribution in [0.3, 0.4) is 0 Å². The summed E-state index contributed by atoms with van der Waals surface area (Å²) >= 11 is 0. The summed E-state index contributed by atoms with van der Waals surface area (Å²) in [6, 6.07) is 9.35. The van der Waals surface area contributed by atoms with E-state index in [1.54, 1.807) is 6.07 Å². The highest BCUT2D eigenvalue weighted by Gasteiger charge is 2.29. The Morgan fingerprint density at radius 1 is 1.19 bits per heavy atom. The molecule has 1 atom stereocenters. The number of pyridine rings is 1. The largest absolute Gasteiger partial charge is 0.396 e. The summed E-state index contributed by atoms with van der Waals surface area (Å²) in [5.74, 6) is -0.266. The first-order chi connectivity index (χ1) is 12.4. The number of benzene rings is 1. The lowest BCUT2D eigenvalue weighted by molar-refractivity contribution is 0.0335. The number of fused-ring (bicyclic) bond motifs is 1. The maximum absolute atomic E-state index is 14.0. The van der Waals surface area contributed by atoms with E-state index in [0.717, 1.165) is 50.2 Å². The normalized spacial score (nSPS) is 20.0. The Labute approximate surface area is 155 Å². The number of aliphatic hydroxyl groups excluding tert-OH is 1. The van der Waals surface area contributed by atoms with E-state index in [0.29, 0.717) is 11.6 Å². The second kappa shape index (κ2) is 7.99. The Kier molecular flexibility index (Phi) is 5.90. The fourth-order valence-corrected chi connectivity index (χ4v) is 3.81. The zero-order valence-corrected chi connectivity index (χ0v) is 16.1. The van der Waals surface area contributed by atoms with Crippen LogP contribution in [0.25, 0.3) is 10.9 Å². The molecule has 0 unspecified atom stereocenters.